The summed E-state index contributed by atoms with van der Waals surface area (Å²) in [5, 5.41) is 3.79. The highest BCUT2D eigenvalue weighted by Crippen LogP contribution is 2.33. The van der Waals surface area contributed by atoms with Crippen molar-refractivity contribution in [1.82, 2.24) is 15.0 Å². The van der Waals surface area contributed by atoms with Crippen LogP contribution in [-0.4, -0.2) is 46.7 Å². The molecule has 1 aliphatic heterocycles. The lowest BCUT2D eigenvalue weighted by Gasteiger charge is -2.26. The van der Waals surface area contributed by atoms with Crippen molar-refractivity contribution in [1.29, 1.82) is 0 Å². The van der Waals surface area contributed by atoms with Crippen LogP contribution in [0.25, 0.3) is 0 Å². The highest BCUT2D eigenvalue weighted by atomic mass is 16.5. The van der Waals surface area contributed by atoms with Gasteiger partial charge in [-0.05, 0) is 12.8 Å². The number of hydrogen-bond donors (Lipinski definition) is 1. The molecule has 112 valence electrons. The average Bonchev–Trinajstić information content (AvgIpc) is 3.02. The van der Waals surface area contributed by atoms with E-state index in [1.165, 1.54) is 0 Å². The standard InChI is InChI=1S/C13H22N4O3/c1-7(2)11(14)13(18)17-6-9(19-4)5-10(17)12-15-8(3)16-20-12/h7,9-11H,5-6,14H2,1-4H3/t9-,10+,11-/m0/s1. The third-order valence-electron chi connectivity index (χ3n) is 3.71. The number of likely N-dealkylation sites (tertiary alicyclic amines) is 1. The molecule has 7 heteroatoms. The molecule has 1 aromatic rings. The first kappa shape index (κ1) is 14.9. The van der Waals surface area contributed by atoms with Gasteiger partial charge in [0.2, 0.25) is 11.8 Å². The number of nitrogens with two attached hydrogens (primary N) is 1. The largest absolute Gasteiger partial charge is 0.380 e. The maximum absolute atomic E-state index is 12.5. The van der Waals surface area contributed by atoms with Crippen LogP contribution in [0.15, 0.2) is 4.52 Å². The second-order valence-corrected chi connectivity index (χ2v) is 5.55. The summed E-state index contributed by atoms with van der Waals surface area (Å²) in [7, 11) is 1.64. The number of aryl methyl sites for hydroxylation is 1. The molecule has 1 aliphatic rings. The fourth-order valence-electron chi connectivity index (χ4n) is 2.37. The number of nitrogens with zero attached hydrogens (tertiary/aromatic N) is 3. The molecule has 2 N–H and O–H groups in total. The van der Waals surface area contributed by atoms with Gasteiger partial charge in [0.05, 0.1) is 12.1 Å². The zero-order chi connectivity index (χ0) is 14.9. The molecule has 2 rings (SSSR count). The summed E-state index contributed by atoms with van der Waals surface area (Å²) in [6.45, 7) is 6.11. The predicted molar refractivity (Wildman–Crippen MR) is 71.7 cm³/mol. The molecule has 1 saturated heterocycles. The third kappa shape index (κ3) is 2.83. The van der Waals surface area contributed by atoms with E-state index in [9.17, 15) is 4.79 Å². The van der Waals surface area contributed by atoms with E-state index in [1.54, 1.807) is 18.9 Å². The number of hydrogen-bond acceptors (Lipinski definition) is 6. The number of rotatable bonds is 4. The molecule has 0 aliphatic carbocycles. The van der Waals surface area contributed by atoms with Gasteiger partial charge in [-0.25, -0.2) is 0 Å². The van der Waals surface area contributed by atoms with E-state index in [0.717, 1.165) is 0 Å². The molecule has 0 bridgehead atoms. The minimum Gasteiger partial charge on any atom is -0.380 e. The van der Waals surface area contributed by atoms with Crippen LogP contribution in [0.4, 0.5) is 0 Å². The lowest BCUT2D eigenvalue weighted by atomic mass is 10.0. The molecule has 3 atom stereocenters. The molecule has 7 nitrogen and oxygen atoms in total. The van der Waals surface area contributed by atoms with Gasteiger partial charge >= 0.3 is 0 Å². The van der Waals surface area contributed by atoms with Crippen molar-refractivity contribution in [3.63, 3.8) is 0 Å². The molecule has 0 spiro atoms. The number of carbonyl (C=O) groups excluding carboxylic acids is 1. The molecule has 0 aromatic carbocycles. The Hall–Kier alpha value is -1.47. The van der Waals surface area contributed by atoms with Gasteiger partial charge in [0.1, 0.15) is 6.04 Å². The van der Waals surface area contributed by atoms with Crippen molar-refractivity contribution in [2.24, 2.45) is 11.7 Å². The quantitative estimate of drug-likeness (QED) is 0.871. The summed E-state index contributed by atoms with van der Waals surface area (Å²) in [5.41, 5.74) is 5.97. The molecule has 0 unspecified atom stereocenters. The third-order valence-corrected chi connectivity index (χ3v) is 3.71. The van der Waals surface area contributed by atoms with Crippen LogP contribution in [0, 0.1) is 12.8 Å². The Kier molecular flexibility index (Phi) is 4.39. The Labute approximate surface area is 118 Å². The van der Waals surface area contributed by atoms with E-state index in [4.69, 9.17) is 15.0 Å². The lowest BCUT2D eigenvalue weighted by Crippen LogP contribution is -2.46. The molecule has 1 aromatic heterocycles. The number of amides is 1. The van der Waals surface area contributed by atoms with Crippen molar-refractivity contribution in [2.45, 2.75) is 45.4 Å². The van der Waals surface area contributed by atoms with Crippen LogP contribution in [0.5, 0.6) is 0 Å². The first-order valence-corrected chi connectivity index (χ1v) is 6.83. The topological polar surface area (TPSA) is 94.5 Å². The van der Waals surface area contributed by atoms with Gasteiger partial charge in [0.25, 0.3) is 0 Å². The van der Waals surface area contributed by atoms with Gasteiger partial charge in [-0.2, -0.15) is 4.98 Å². The summed E-state index contributed by atoms with van der Waals surface area (Å²) < 4.78 is 10.6. The second kappa shape index (κ2) is 5.88. The van der Waals surface area contributed by atoms with Crippen LogP contribution in [0.1, 0.15) is 38.0 Å². The molecular weight excluding hydrogens is 260 g/mol. The molecular formula is C13H22N4O3. The van der Waals surface area contributed by atoms with Gasteiger partial charge < -0.3 is 19.9 Å². The van der Waals surface area contributed by atoms with Gasteiger partial charge in [0, 0.05) is 20.1 Å². The van der Waals surface area contributed by atoms with Crippen LogP contribution >= 0.6 is 0 Å². The van der Waals surface area contributed by atoms with E-state index in [1.807, 2.05) is 13.8 Å². The zero-order valence-electron chi connectivity index (χ0n) is 12.4. The summed E-state index contributed by atoms with van der Waals surface area (Å²) in [6, 6.07) is -0.782. The molecule has 20 heavy (non-hydrogen) atoms. The maximum Gasteiger partial charge on any atom is 0.249 e. The first-order chi connectivity index (χ1) is 9.43. The fraction of sp³-hybridized carbons (Fsp3) is 0.769. The molecule has 0 saturated carbocycles. The Morgan fingerprint density at radius 2 is 2.25 bits per heavy atom. The van der Waals surface area contributed by atoms with Crippen molar-refractivity contribution in [3.05, 3.63) is 11.7 Å². The van der Waals surface area contributed by atoms with Crippen LogP contribution in [0.3, 0.4) is 0 Å². The van der Waals surface area contributed by atoms with Crippen LogP contribution < -0.4 is 5.73 Å². The number of methoxy groups -OCH3 is 1. The molecule has 1 fully saturated rings. The first-order valence-electron chi connectivity index (χ1n) is 6.83. The van der Waals surface area contributed by atoms with Crippen molar-refractivity contribution in [2.75, 3.05) is 13.7 Å². The average molecular weight is 282 g/mol. The lowest BCUT2D eigenvalue weighted by molar-refractivity contribution is -0.135. The maximum atomic E-state index is 12.5. The Morgan fingerprint density at radius 1 is 1.55 bits per heavy atom. The minimum absolute atomic E-state index is 0.0319. The number of carbonyl (C=O) groups is 1. The van der Waals surface area contributed by atoms with E-state index >= 15 is 0 Å². The van der Waals surface area contributed by atoms with Crippen molar-refractivity contribution < 1.29 is 14.1 Å². The number of aromatic nitrogens is 2. The summed E-state index contributed by atoms with van der Waals surface area (Å²) in [6.07, 6.45) is 0.616. The fourth-order valence-corrected chi connectivity index (χ4v) is 2.37. The summed E-state index contributed by atoms with van der Waals surface area (Å²) in [5.74, 6) is 0.988. The molecule has 0 radical (unpaired) electrons. The van der Waals surface area contributed by atoms with E-state index in [2.05, 4.69) is 10.1 Å². The predicted octanol–water partition coefficient (Wildman–Crippen LogP) is 0.650. The Balaban J connectivity index is 2.22. The molecule has 2 heterocycles. The van der Waals surface area contributed by atoms with E-state index < -0.39 is 6.04 Å². The van der Waals surface area contributed by atoms with Crippen LogP contribution in [0.2, 0.25) is 0 Å². The highest BCUT2D eigenvalue weighted by molar-refractivity contribution is 5.82. The van der Waals surface area contributed by atoms with E-state index in [0.29, 0.717) is 24.7 Å². The van der Waals surface area contributed by atoms with Gasteiger partial charge in [0.15, 0.2) is 5.82 Å². The highest BCUT2D eigenvalue weighted by Gasteiger charge is 2.41. The Bertz CT molecular complexity index is 474. The number of ether oxygens (including phenoxy) is 1. The van der Waals surface area contributed by atoms with Gasteiger partial charge in [-0.1, -0.05) is 19.0 Å². The SMILES string of the molecule is CO[C@H]1C[C@H](c2nc(C)no2)N(C(=O)[C@@H](N)C(C)C)C1. The van der Waals surface area contributed by atoms with Crippen molar-refractivity contribution in [3.8, 4) is 0 Å². The van der Waals surface area contributed by atoms with Gasteiger partial charge in [-0.15, -0.1) is 0 Å². The minimum atomic E-state index is -0.530. The summed E-state index contributed by atoms with van der Waals surface area (Å²) in [4.78, 5) is 18.4. The summed E-state index contributed by atoms with van der Waals surface area (Å²) >= 11 is 0. The monoisotopic (exact) mass is 282 g/mol. The smallest absolute Gasteiger partial charge is 0.249 e. The Morgan fingerprint density at radius 3 is 2.75 bits per heavy atom. The second-order valence-electron chi connectivity index (χ2n) is 5.55. The zero-order valence-corrected chi connectivity index (χ0v) is 12.4. The van der Waals surface area contributed by atoms with E-state index in [-0.39, 0.29) is 24.0 Å². The van der Waals surface area contributed by atoms with Crippen molar-refractivity contribution >= 4 is 5.91 Å². The van der Waals surface area contributed by atoms with Gasteiger partial charge in [-0.3, -0.25) is 4.79 Å². The molecule has 1 amide bonds. The normalized spacial score (nSPS) is 24.4. The van der Waals surface area contributed by atoms with Crippen LogP contribution in [-0.2, 0) is 9.53 Å².